The largest absolute Gasteiger partial charge is 0.356 e. The summed E-state index contributed by atoms with van der Waals surface area (Å²) >= 11 is 2.36. The van der Waals surface area contributed by atoms with Crippen molar-refractivity contribution in [2.75, 3.05) is 11.0 Å². The van der Waals surface area contributed by atoms with Crippen molar-refractivity contribution in [1.29, 1.82) is 0 Å². The summed E-state index contributed by atoms with van der Waals surface area (Å²) in [6.45, 7) is 4.98. The van der Waals surface area contributed by atoms with Gasteiger partial charge in [0, 0.05) is 12.5 Å². The number of hydrogen-bond acceptors (Lipinski definition) is 1. The lowest BCUT2D eigenvalue weighted by Gasteiger charge is -2.12. The molecule has 0 rings (SSSR count). The number of carbonyl (C=O) groups excluding carboxylic acids is 1. The van der Waals surface area contributed by atoms with Crippen molar-refractivity contribution in [3.05, 3.63) is 0 Å². The first-order valence-electron chi connectivity index (χ1n) is 5.09. The van der Waals surface area contributed by atoms with Crippen LogP contribution in [-0.2, 0) is 4.79 Å². The molecule has 0 bridgehead atoms. The quantitative estimate of drug-likeness (QED) is 0.437. The lowest BCUT2D eigenvalue weighted by molar-refractivity contribution is -0.125. The molecule has 0 saturated carbocycles. The minimum absolute atomic E-state index is 0.222. The molecule has 0 aromatic rings. The summed E-state index contributed by atoms with van der Waals surface area (Å²) in [4.78, 5) is 11.5. The molecule has 0 unspecified atom stereocenters. The lowest BCUT2D eigenvalue weighted by atomic mass is 10.0. The van der Waals surface area contributed by atoms with Gasteiger partial charge in [-0.2, -0.15) is 0 Å². The Morgan fingerprint density at radius 2 is 1.92 bits per heavy atom. The van der Waals surface area contributed by atoms with Gasteiger partial charge < -0.3 is 5.32 Å². The highest BCUT2D eigenvalue weighted by Crippen LogP contribution is 2.06. The molecule has 0 aromatic heterocycles. The third-order valence-corrected chi connectivity index (χ3v) is 2.98. The van der Waals surface area contributed by atoms with Gasteiger partial charge in [-0.1, -0.05) is 36.4 Å². The highest BCUT2D eigenvalue weighted by molar-refractivity contribution is 14.1. The number of carbonyl (C=O) groups is 1. The number of rotatable bonds is 7. The van der Waals surface area contributed by atoms with E-state index in [0.29, 0.717) is 0 Å². The number of nitrogens with one attached hydrogen (secondary N) is 1. The van der Waals surface area contributed by atoms with Crippen LogP contribution in [0.15, 0.2) is 0 Å². The second kappa shape index (κ2) is 8.78. The molecule has 0 aromatic carbocycles. The summed E-state index contributed by atoms with van der Waals surface area (Å²) in [5.41, 5.74) is 0. The first-order chi connectivity index (χ1) is 6.26. The molecule has 0 spiro atoms. The molecule has 1 N–H and O–H groups in total. The maximum Gasteiger partial charge on any atom is 0.223 e. The molecular weight excluding hydrogens is 277 g/mol. The summed E-state index contributed by atoms with van der Waals surface area (Å²) in [6, 6.07) is 0. The first-order valence-corrected chi connectivity index (χ1v) is 6.62. The van der Waals surface area contributed by atoms with E-state index in [-0.39, 0.29) is 11.8 Å². The zero-order valence-electron chi connectivity index (χ0n) is 8.61. The van der Waals surface area contributed by atoms with Crippen LogP contribution in [0.25, 0.3) is 0 Å². The van der Waals surface area contributed by atoms with Crippen molar-refractivity contribution >= 4 is 28.5 Å². The molecule has 0 saturated heterocycles. The van der Waals surface area contributed by atoms with Gasteiger partial charge in [0.25, 0.3) is 0 Å². The van der Waals surface area contributed by atoms with E-state index < -0.39 is 0 Å². The van der Waals surface area contributed by atoms with Crippen LogP contribution in [0, 0.1) is 5.92 Å². The highest BCUT2D eigenvalue weighted by atomic mass is 127. The average molecular weight is 297 g/mol. The molecule has 0 aliphatic carbocycles. The van der Waals surface area contributed by atoms with Crippen LogP contribution in [0.5, 0.6) is 0 Å². The molecule has 0 radical (unpaired) electrons. The Balaban J connectivity index is 3.48. The molecule has 0 aliphatic heterocycles. The molecule has 13 heavy (non-hydrogen) atoms. The standard InChI is InChI=1S/C10H20INO/c1-3-9(4-2)10(13)12-8-6-5-7-11/h9H,3-8H2,1-2H3,(H,12,13). The van der Waals surface area contributed by atoms with Crippen molar-refractivity contribution in [2.24, 2.45) is 5.92 Å². The fourth-order valence-electron chi connectivity index (χ4n) is 1.23. The van der Waals surface area contributed by atoms with Crippen molar-refractivity contribution in [3.63, 3.8) is 0 Å². The number of hydrogen-bond donors (Lipinski definition) is 1. The SMILES string of the molecule is CCC(CC)C(=O)NCCCCI. The third kappa shape index (κ3) is 6.29. The van der Waals surface area contributed by atoms with Crippen LogP contribution in [-0.4, -0.2) is 16.9 Å². The monoisotopic (exact) mass is 297 g/mol. The zero-order valence-corrected chi connectivity index (χ0v) is 10.8. The smallest absolute Gasteiger partial charge is 0.223 e. The van der Waals surface area contributed by atoms with E-state index >= 15 is 0 Å². The van der Waals surface area contributed by atoms with Gasteiger partial charge in [0.15, 0.2) is 0 Å². The van der Waals surface area contributed by atoms with Gasteiger partial charge in [-0.15, -0.1) is 0 Å². The van der Waals surface area contributed by atoms with Crippen LogP contribution in [0.2, 0.25) is 0 Å². The van der Waals surface area contributed by atoms with Crippen molar-refractivity contribution in [3.8, 4) is 0 Å². The summed E-state index contributed by atoms with van der Waals surface area (Å²) in [5.74, 6) is 0.457. The van der Waals surface area contributed by atoms with Gasteiger partial charge in [0.1, 0.15) is 0 Å². The molecule has 0 atom stereocenters. The van der Waals surface area contributed by atoms with E-state index in [1.54, 1.807) is 0 Å². The third-order valence-electron chi connectivity index (χ3n) is 2.22. The molecule has 3 heteroatoms. The first kappa shape index (κ1) is 13.2. The lowest BCUT2D eigenvalue weighted by Crippen LogP contribution is -2.30. The van der Waals surface area contributed by atoms with E-state index in [9.17, 15) is 4.79 Å². The highest BCUT2D eigenvalue weighted by Gasteiger charge is 2.12. The van der Waals surface area contributed by atoms with Gasteiger partial charge in [-0.05, 0) is 30.1 Å². The number of amides is 1. The van der Waals surface area contributed by atoms with Crippen molar-refractivity contribution < 1.29 is 4.79 Å². The minimum atomic E-state index is 0.222. The normalized spacial score (nSPS) is 10.5. The molecule has 0 heterocycles. The van der Waals surface area contributed by atoms with E-state index in [0.717, 1.165) is 25.8 Å². The summed E-state index contributed by atoms with van der Waals surface area (Å²) in [6.07, 6.45) is 4.21. The van der Waals surface area contributed by atoms with Crippen molar-refractivity contribution in [2.45, 2.75) is 39.5 Å². The van der Waals surface area contributed by atoms with Crippen LogP contribution in [0.3, 0.4) is 0 Å². The van der Waals surface area contributed by atoms with E-state index in [2.05, 4.69) is 41.8 Å². The van der Waals surface area contributed by atoms with Gasteiger partial charge in [-0.3, -0.25) is 4.79 Å². The predicted octanol–water partition coefficient (Wildman–Crippen LogP) is 2.75. The van der Waals surface area contributed by atoms with Gasteiger partial charge in [0.05, 0.1) is 0 Å². The van der Waals surface area contributed by atoms with Crippen LogP contribution in [0.4, 0.5) is 0 Å². The van der Waals surface area contributed by atoms with Crippen LogP contribution in [0.1, 0.15) is 39.5 Å². The topological polar surface area (TPSA) is 29.1 Å². The maximum absolute atomic E-state index is 11.5. The fourth-order valence-corrected chi connectivity index (χ4v) is 1.77. The van der Waals surface area contributed by atoms with Crippen molar-refractivity contribution in [1.82, 2.24) is 5.32 Å². The average Bonchev–Trinajstić information content (AvgIpc) is 2.14. The van der Waals surface area contributed by atoms with Gasteiger partial charge in [0.2, 0.25) is 5.91 Å². The maximum atomic E-state index is 11.5. The van der Waals surface area contributed by atoms with Crippen LogP contribution < -0.4 is 5.32 Å². The Hall–Kier alpha value is 0.200. The number of unbranched alkanes of at least 4 members (excludes halogenated alkanes) is 1. The second-order valence-electron chi connectivity index (χ2n) is 3.20. The molecule has 1 amide bonds. The zero-order chi connectivity index (χ0) is 10.1. The van der Waals surface area contributed by atoms with Gasteiger partial charge in [-0.25, -0.2) is 0 Å². The molecule has 0 fully saturated rings. The molecule has 78 valence electrons. The van der Waals surface area contributed by atoms with E-state index in [4.69, 9.17) is 0 Å². The number of halogens is 1. The Kier molecular flexibility index (Phi) is 8.92. The Bertz CT molecular complexity index is 135. The Morgan fingerprint density at radius 1 is 1.31 bits per heavy atom. The predicted molar refractivity (Wildman–Crippen MR) is 65.2 cm³/mol. The Morgan fingerprint density at radius 3 is 2.38 bits per heavy atom. The van der Waals surface area contributed by atoms with Gasteiger partial charge >= 0.3 is 0 Å². The summed E-state index contributed by atoms with van der Waals surface area (Å²) in [5, 5.41) is 2.98. The van der Waals surface area contributed by atoms with E-state index in [1.165, 1.54) is 10.8 Å². The van der Waals surface area contributed by atoms with E-state index in [1.807, 2.05) is 0 Å². The fraction of sp³-hybridized carbons (Fsp3) is 0.900. The molecule has 0 aliphatic rings. The minimum Gasteiger partial charge on any atom is -0.356 e. The molecular formula is C10H20INO. The summed E-state index contributed by atoms with van der Waals surface area (Å²) < 4.78 is 1.18. The Labute approximate surface area is 95.0 Å². The summed E-state index contributed by atoms with van der Waals surface area (Å²) in [7, 11) is 0. The van der Waals surface area contributed by atoms with Crippen LogP contribution >= 0.6 is 22.6 Å². The molecule has 2 nitrogen and oxygen atoms in total. The second-order valence-corrected chi connectivity index (χ2v) is 4.28. The number of alkyl halides is 1.